The van der Waals surface area contributed by atoms with Gasteiger partial charge < -0.3 is 19.7 Å². The molecule has 0 unspecified atom stereocenters. The van der Waals surface area contributed by atoms with Gasteiger partial charge >= 0.3 is 6.09 Å². The van der Waals surface area contributed by atoms with Gasteiger partial charge in [0.05, 0.1) is 10.6 Å². The molecule has 0 radical (unpaired) electrons. The summed E-state index contributed by atoms with van der Waals surface area (Å²) >= 11 is 6.23. The molecule has 1 saturated heterocycles. The van der Waals surface area contributed by atoms with Crippen LogP contribution in [0, 0.1) is 22.2 Å². The van der Waals surface area contributed by atoms with E-state index in [4.69, 9.17) is 21.1 Å². The Kier molecular flexibility index (Phi) is 9.69. The SMILES string of the molecule is CC(C)(C)OC(=O)N1CCN(C2CCC(c3ccc(C(=O)NC4C(C)(C)C(Oc5ccc(C#N)c(Cl)c5)C4(C)C)cc3)CC2)CC1. The van der Waals surface area contributed by atoms with Crippen LogP contribution in [0.5, 0.6) is 5.75 Å². The van der Waals surface area contributed by atoms with Crippen LogP contribution < -0.4 is 10.1 Å². The summed E-state index contributed by atoms with van der Waals surface area (Å²) in [5.41, 5.74) is 1.26. The van der Waals surface area contributed by atoms with Crippen molar-refractivity contribution in [2.24, 2.45) is 10.8 Å². The zero-order valence-corrected chi connectivity index (χ0v) is 29.1. The average Bonchev–Trinajstić information content (AvgIpc) is 3.01. The Hall–Kier alpha value is -3.28. The van der Waals surface area contributed by atoms with Gasteiger partial charge in [0, 0.05) is 60.7 Å². The first kappa shape index (κ1) is 34.1. The summed E-state index contributed by atoms with van der Waals surface area (Å²) in [6, 6.07) is 15.8. The van der Waals surface area contributed by atoms with Crippen LogP contribution in [0.25, 0.3) is 0 Å². The predicted octanol–water partition coefficient (Wildman–Crippen LogP) is 7.40. The van der Waals surface area contributed by atoms with Gasteiger partial charge in [0.1, 0.15) is 23.5 Å². The molecule has 2 saturated carbocycles. The molecule has 3 fully saturated rings. The molecule has 9 heteroatoms. The fraction of sp³-hybridized carbons (Fsp3) is 0.595. The molecule has 0 spiro atoms. The third-order valence-electron chi connectivity index (χ3n) is 10.3. The van der Waals surface area contributed by atoms with E-state index < -0.39 is 5.60 Å². The number of piperazine rings is 1. The number of carbonyl (C=O) groups is 2. The van der Waals surface area contributed by atoms with E-state index in [1.54, 1.807) is 18.2 Å². The summed E-state index contributed by atoms with van der Waals surface area (Å²) in [4.78, 5) is 30.2. The summed E-state index contributed by atoms with van der Waals surface area (Å²) in [7, 11) is 0. The van der Waals surface area contributed by atoms with Crippen molar-refractivity contribution in [3.63, 3.8) is 0 Å². The van der Waals surface area contributed by atoms with Gasteiger partial charge in [-0.1, -0.05) is 51.4 Å². The number of benzene rings is 2. The Balaban J connectivity index is 1.11. The highest BCUT2D eigenvalue weighted by atomic mass is 35.5. The number of nitrogens with zero attached hydrogens (tertiary/aromatic N) is 3. The lowest BCUT2D eigenvalue weighted by molar-refractivity contribution is -0.164. The van der Waals surface area contributed by atoms with Crippen molar-refractivity contribution < 1.29 is 19.1 Å². The molecule has 0 atom stereocenters. The molecule has 2 aliphatic carbocycles. The molecule has 5 rings (SSSR count). The smallest absolute Gasteiger partial charge is 0.410 e. The molecule has 1 N–H and O–H groups in total. The monoisotopic (exact) mass is 648 g/mol. The molecule has 248 valence electrons. The minimum absolute atomic E-state index is 0.0770. The van der Waals surface area contributed by atoms with E-state index in [2.05, 4.69) is 56.1 Å². The number of carbonyl (C=O) groups excluding carboxylic acids is 2. The fourth-order valence-corrected chi connectivity index (χ4v) is 8.30. The molecule has 2 aromatic carbocycles. The van der Waals surface area contributed by atoms with E-state index in [1.165, 1.54) is 5.56 Å². The zero-order chi connectivity index (χ0) is 33.4. The molecule has 3 aliphatic rings. The fourth-order valence-electron chi connectivity index (χ4n) is 8.09. The maximum Gasteiger partial charge on any atom is 0.410 e. The van der Waals surface area contributed by atoms with Crippen molar-refractivity contribution in [1.29, 1.82) is 5.26 Å². The van der Waals surface area contributed by atoms with Crippen molar-refractivity contribution in [3.8, 4) is 11.8 Å². The first-order chi connectivity index (χ1) is 21.6. The van der Waals surface area contributed by atoms with Crippen LogP contribution in [0.2, 0.25) is 5.02 Å². The largest absolute Gasteiger partial charge is 0.489 e. The number of nitrogens with one attached hydrogen (secondary N) is 1. The van der Waals surface area contributed by atoms with Gasteiger partial charge in [-0.25, -0.2) is 4.79 Å². The first-order valence-corrected chi connectivity index (χ1v) is 17.0. The highest BCUT2D eigenvalue weighted by Crippen LogP contribution is 2.55. The second kappa shape index (κ2) is 13.1. The van der Waals surface area contributed by atoms with Crippen LogP contribution in [-0.4, -0.2) is 71.8 Å². The van der Waals surface area contributed by atoms with Gasteiger partial charge in [-0.15, -0.1) is 0 Å². The van der Waals surface area contributed by atoms with Gasteiger partial charge in [0.2, 0.25) is 0 Å². The number of nitriles is 1. The summed E-state index contributed by atoms with van der Waals surface area (Å²) in [5, 5.41) is 12.8. The van der Waals surface area contributed by atoms with Crippen molar-refractivity contribution >= 4 is 23.6 Å². The van der Waals surface area contributed by atoms with Crippen LogP contribution in [0.4, 0.5) is 4.79 Å². The van der Waals surface area contributed by atoms with E-state index in [0.717, 1.165) is 38.8 Å². The lowest BCUT2D eigenvalue weighted by atomic mass is 9.49. The summed E-state index contributed by atoms with van der Waals surface area (Å²) < 4.78 is 11.9. The first-order valence-electron chi connectivity index (χ1n) is 16.6. The quantitative estimate of drug-likeness (QED) is 0.351. The maximum atomic E-state index is 13.4. The molecular weight excluding hydrogens is 600 g/mol. The molecule has 8 nitrogen and oxygen atoms in total. The summed E-state index contributed by atoms with van der Waals surface area (Å²) in [6.07, 6.45) is 4.17. The molecule has 0 aromatic heterocycles. The van der Waals surface area contributed by atoms with Crippen LogP contribution in [0.15, 0.2) is 42.5 Å². The number of halogens is 1. The number of rotatable bonds is 6. The van der Waals surface area contributed by atoms with Gasteiger partial charge in [-0.2, -0.15) is 5.26 Å². The lowest BCUT2D eigenvalue weighted by Gasteiger charge is -2.63. The molecule has 1 aliphatic heterocycles. The van der Waals surface area contributed by atoms with E-state index in [1.807, 2.05) is 37.8 Å². The Morgan fingerprint density at radius 1 is 0.935 bits per heavy atom. The standard InChI is InChI=1S/C37H49ClN4O4/c1-35(2,3)46-34(44)42-20-18-41(19-21-42)28-15-12-25(13-16-28)24-8-10-26(11-9-24)31(43)40-32-36(4,5)33(37(32,6)7)45-29-17-14-27(23-39)30(38)22-29/h8-11,14,17,22,25,28,32-33H,12-13,15-16,18-21H2,1-7H3,(H,40,43). The number of amides is 2. The van der Waals surface area contributed by atoms with Crippen molar-refractivity contribution in [2.75, 3.05) is 26.2 Å². The Morgan fingerprint density at radius 3 is 2.09 bits per heavy atom. The molecule has 2 aromatic rings. The topological polar surface area (TPSA) is 94.9 Å². The van der Waals surface area contributed by atoms with Crippen molar-refractivity contribution in [1.82, 2.24) is 15.1 Å². The van der Waals surface area contributed by atoms with Gasteiger partial charge in [0.25, 0.3) is 5.91 Å². The van der Waals surface area contributed by atoms with E-state index in [9.17, 15) is 14.9 Å². The van der Waals surface area contributed by atoms with Crippen LogP contribution in [0.3, 0.4) is 0 Å². The third-order valence-corrected chi connectivity index (χ3v) is 10.6. The van der Waals surface area contributed by atoms with Crippen LogP contribution in [-0.2, 0) is 4.74 Å². The van der Waals surface area contributed by atoms with E-state index in [-0.39, 0.29) is 35.0 Å². The Labute approximate surface area is 279 Å². The highest BCUT2D eigenvalue weighted by molar-refractivity contribution is 6.31. The van der Waals surface area contributed by atoms with Crippen molar-refractivity contribution in [2.45, 2.75) is 104 Å². The Morgan fingerprint density at radius 2 is 1.54 bits per heavy atom. The third kappa shape index (κ3) is 7.16. The van der Waals surface area contributed by atoms with E-state index >= 15 is 0 Å². The zero-order valence-electron chi connectivity index (χ0n) is 28.4. The van der Waals surface area contributed by atoms with Crippen LogP contribution in [0.1, 0.15) is 102 Å². The lowest BCUT2D eigenvalue weighted by Crippen LogP contribution is -2.74. The minimum Gasteiger partial charge on any atom is -0.489 e. The van der Waals surface area contributed by atoms with E-state index in [0.29, 0.717) is 46.9 Å². The van der Waals surface area contributed by atoms with Gasteiger partial charge in [-0.3, -0.25) is 9.69 Å². The van der Waals surface area contributed by atoms with Gasteiger partial charge in [-0.05, 0) is 82.2 Å². The van der Waals surface area contributed by atoms with Crippen molar-refractivity contribution in [3.05, 3.63) is 64.2 Å². The molecular formula is C37H49ClN4O4. The molecule has 46 heavy (non-hydrogen) atoms. The highest BCUT2D eigenvalue weighted by Gasteiger charge is 2.64. The average molecular weight is 649 g/mol. The normalized spacial score (nSPS) is 25.9. The van der Waals surface area contributed by atoms with Crippen LogP contribution >= 0.6 is 11.6 Å². The maximum absolute atomic E-state index is 13.4. The summed E-state index contributed by atoms with van der Waals surface area (Å²) in [6.45, 7) is 17.4. The predicted molar refractivity (Wildman–Crippen MR) is 180 cm³/mol. The second-order valence-electron chi connectivity index (χ2n) is 15.4. The number of hydrogen-bond acceptors (Lipinski definition) is 6. The number of hydrogen-bond donors (Lipinski definition) is 1. The molecule has 1 heterocycles. The second-order valence-corrected chi connectivity index (χ2v) is 15.8. The molecule has 2 amide bonds. The van der Waals surface area contributed by atoms with Gasteiger partial charge in [0.15, 0.2) is 0 Å². The number of ether oxygens (including phenoxy) is 2. The summed E-state index contributed by atoms with van der Waals surface area (Å²) in [5.74, 6) is 1.03. The Bertz CT molecular complexity index is 1440. The minimum atomic E-state index is -0.469. The molecule has 0 bridgehead atoms.